The van der Waals surface area contributed by atoms with Crippen molar-refractivity contribution in [2.24, 2.45) is 0 Å². The Labute approximate surface area is 196 Å². The highest BCUT2D eigenvalue weighted by Gasteiger charge is 2.32. The molecule has 0 spiro atoms. The molecule has 2 aromatic carbocycles. The molecule has 1 heterocycles. The Balaban J connectivity index is 1.98. The lowest BCUT2D eigenvalue weighted by Gasteiger charge is -2.31. The average molecular weight is 496 g/mol. The van der Waals surface area contributed by atoms with Gasteiger partial charge in [-0.15, -0.1) is 0 Å². The van der Waals surface area contributed by atoms with Gasteiger partial charge in [0.2, 0.25) is 15.9 Å². The lowest BCUT2D eigenvalue weighted by molar-refractivity contribution is -0.117. The molecule has 172 valence electrons. The molecule has 10 heteroatoms. The number of hydrogen-bond acceptors (Lipinski definition) is 5. The van der Waals surface area contributed by atoms with Crippen LogP contribution in [-0.4, -0.2) is 31.2 Å². The first-order valence-corrected chi connectivity index (χ1v) is 13.2. The fourth-order valence-corrected chi connectivity index (χ4v) is 6.16. The number of nitrogens with zero attached hydrogens (tertiary/aromatic N) is 2. The van der Waals surface area contributed by atoms with Crippen LogP contribution in [0.1, 0.15) is 38.8 Å². The minimum atomic E-state index is -3.78. The maximum Gasteiger partial charge on any atom is 0.308 e. The van der Waals surface area contributed by atoms with Crippen molar-refractivity contribution in [3.63, 3.8) is 0 Å². The molecule has 0 bridgehead atoms. The summed E-state index contributed by atoms with van der Waals surface area (Å²) in [5.74, 6) is -0.465. The predicted molar refractivity (Wildman–Crippen MR) is 133 cm³/mol. The fourth-order valence-electron chi connectivity index (χ4n) is 3.68. The summed E-state index contributed by atoms with van der Waals surface area (Å²) >= 11 is 7.22. The standard InChI is InChI=1S/C22H26ClN3O4S2/c1-6-17(26(32(5,29)30)19-11-15(23)8-7-14(19)4)21(27)24-16-9-10-18-20(12-16)31-22(28)25(18)13(2)3/h7-13,17H,6H2,1-5H3,(H,24,27)/t17-/m0/s1. The van der Waals surface area contributed by atoms with Crippen LogP contribution in [0.25, 0.3) is 10.2 Å². The summed E-state index contributed by atoms with van der Waals surface area (Å²) in [6.07, 6.45) is 1.32. The Kier molecular flexibility index (Phi) is 7.02. The minimum Gasteiger partial charge on any atom is -0.324 e. The second-order valence-corrected chi connectivity index (χ2v) is 11.2. The third kappa shape index (κ3) is 4.84. The SMILES string of the molecule is CC[C@@H](C(=O)Nc1ccc2c(c1)sc(=O)n2C(C)C)N(c1cc(Cl)ccc1C)S(C)(=O)=O. The van der Waals surface area contributed by atoms with Crippen molar-refractivity contribution in [1.29, 1.82) is 0 Å². The van der Waals surface area contributed by atoms with Crippen LogP contribution < -0.4 is 14.5 Å². The van der Waals surface area contributed by atoms with Gasteiger partial charge < -0.3 is 5.32 Å². The number of benzene rings is 2. The Morgan fingerprint density at radius 3 is 2.50 bits per heavy atom. The molecule has 0 saturated heterocycles. The number of sulfonamides is 1. The quantitative estimate of drug-likeness (QED) is 0.510. The maximum absolute atomic E-state index is 13.2. The molecule has 32 heavy (non-hydrogen) atoms. The van der Waals surface area contributed by atoms with E-state index in [1.54, 1.807) is 54.8 Å². The van der Waals surface area contributed by atoms with E-state index in [1.165, 1.54) is 0 Å². The van der Waals surface area contributed by atoms with Crippen LogP contribution >= 0.6 is 22.9 Å². The van der Waals surface area contributed by atoms with Crippen LogP contribution in [0.4, 0.5) is 11.4 Å². The zero-order chi connectivity index (χ0) is 23.8. The van der Waals surface area contributed by atoms with Crippen LogP contribution in [-0.2, 0) is 14.8 Å². The van der Waals surface area contributed by atoms with Gasteiger partial charge in [-0.3, -0.25) is 18.5 Å². The zero-order valence-electron chi connectivity index (χ0n) is 18.5. The second kappa shape index (κ2) is 9.25. The van der Waals surface area contributed by atoms with Crippen molar-refractivity contribution in [2.75, 3.05) is 15.9 Å². The van der Waals surface area contributed by atoms with E-state index in [0.717, 1.165) is 32.1 Å². The van der Waals surface area contributed by atoms with E-state index in [-0.39, 0.29) is 17.3 Å². The van der Waals surface area contributed by atoms with Crippen molar-refractivity contribution < 1.29 is 13.2 Å². The van der Waals surface area contributed by atoms with Gasteiger partial charge in [0.25, 0.3) is 0 Å². The Morgan fingerprint density at radius 1 is 1.22 bits per heavy atom. The molecule has 0 aliphatic rings. The van der Waals surface area contributed by atoms with E-state index >= 15 is 0 Å². The lowest BCUT2D eigenvalue weighted by Crippen LogP contribution is -2.47. The van der Waals surface area contributed by atoms with E-state index in [0.29, 0.717) is 22.0 Å². The number of aryl methyl sites for hydroxylation is 1. The van der Waals surface area contributed by atoms with Crippen molar-refractivity contribution in [1.82, 2.24) is 4.57 Å². The monoisotopic (exact) mass is 495 g/mol. The fraction of sp³-hybridized carbons (Fsp3) is 0.364. The van der Waals surface area contributed by atoms with Crippen molar-refractivity contribution in [2.45, 2.75) is 46.2 Å². The predicted octanol–water partition coefficient (Wildman–Crippen LogP) is 4.79. The molecular formula is C22H26ClN3O4S2. The molecule has 1 atom stereocenters. The molecule has 7 nitrogen and oxygen atoms in total. The summed E-state index contributed by atoms with van der Waals surface area (Å²) in [5.41, 5.74) is 2.35. The molecule has 0 aliphatic heterocycles. The van der Waals surface area contributed by atoms with E-state index < -0.39 is 22.0 Å². The smallest absolute Gasteiger partial charge is 0.308 e. The summed E-state index contributed by atoms with van der Waals surface area (Å²) in [7, 11) is -3.78. The van der Waals surface area contributed by atoms with Gasteiger partial charge in [0.05, 0.1) is 22.2 Å². The van der Waals surface area contributed by atoms with Gasteiger partial charge in [0.15, 0.2) is 0 Å². The van der Waals surface area contributed by atoms with Crippen LogP contribution in [0, 0.1) is 6.92 Å². The number of fused-ring (bicyclic) bond motifs is 1. The molecule has 0 saturated carbocycles. The summed E-state index contributed by atoms with van der Waals surface area (Å²) in [4.78, 5) is 25.4. The van der Waals surface area contributed by atoms with Crippen LogP contribution in [0.2, 0.25) is 5.02 Å². The first kappa shape index (κ1) is 24.3. The highest BCUT2D eigenvalue weighted by molar-refractivity contribution is 7.92. The Bertz CT molecular complexity index is 1330. The number of rotatable bonds is 7. The summed E-state index contributed by atoms with van der Waals surface area (Å²) < 4.78 is 29.0. The molecule has 3 rings (SSSR count). The van der Waals surface area contributed by atoms with Crippen molar-refractivity contribution in [3.8, 4) is 0 Å². The largest absolute Gasteiger partial charge is 0.324 e. The maximum atomic E-state index is 13.2. The third-order valence-corrected chi connectivity index (χ3v) is 7.45. The van der Waals surface area contributed by atoms with Crippen LogP contribution in [0.5, 0.6) is 0 Å². The second-order valence-electron chi connectivity index (χ2n) is 7.92. The number of halogens is 1. The van der Waals surface area contributed by atoms with E-state index in [2.05, 4.69) is 5.32 Å². The molecule has 0 aliphatic carbocycles. The first-order chi connectivity index (χ1) is 14.9. The van der Waals surface area contributed by atoms with Crippen LogP contribution in [0.15, 0.2) is 41.2 Å². The molecule has 3 aromatic rings. The van der Waals surface area contributed by atoms with Gasteiger partial charge in [-0.05, 0) is 63.1 Å². The first-order valence-electron chi connectivity index (χ1n) is 10.2. The number of carbonyl (C=O) groups is 1. The number of amides is 1. The van der Waals surface area contributed by atoms with Crippen molar-refractivity contribution >= 4 is 60.5 Å². The summed E-state index contributed by atoms with van der Waals surface area (Å²) in [5, 5.41) is 3.20. The van der Waals surface area contributed by atoms with Crippen molar-refractivity contribution in [3.05, 3.63) is 56.7 Å². The van der Waals surface area contributed by atoms with Gasteiger partial charge in [-0.2, -0.15) is 0 Å². The van der Waals surface area contributed by atoms with Gasteiger partial charge in [0, 0.05) is 16.8 Å². The molecule has 1 aromatic heterocycles. The van der Waals surface area contributed by atoms with Crippen LogP contribution in [0.3, 0.4) is 0 Å². The highest BCUT2D eigenvalue weighted by atomic mass is 35.5. The Morgan fingerprint density at radius 2 is 1.91 bits per heavy atom. The van der Waals surface area contributed by atoms with E-state index in [4.69, 9.17) is 11.6 Å². The molecule has 1 amide bonds. The minimum absolute atomic E-state index is 0.0189. The van der Waals surface area contributed by atoms with Gasteiger partial charge in [-0.25, -0.2) is 8.42 Å². The molecule has 0 fully saturated rings. The van der Waals surface area contributed by atoms with Gasteiger partial charge in [0.1, 0.15) is 6.04 Å². The average Bonchev–Trinajstić information content (AvgIpc) is 3.02. The number of carbonyl (C=O) groups excluding carboxylic acids is 1. The van der Waals surface area contributed by atoms with E-state index in [9.17, 15) is 18.0 Å². The lowest BCUT2D eigenvalue weighted by atomic mass is 10.1. The normalized spacial score (nSPS) is 12.8. The summed E-state index contributed by atoms with van der Waals surface area (Å²) in [6.45, 7) is 7.39. The number of hydrogen-bond donors (Lipinski definition) is 1. The highest BCUT2D eigenvalue weighted by Crippen LogP contribution is 2.30. The molecular weight excluding hydrogens is 470 g/mol. The molecule has 1 N–H and O–H groups in total. The molecule has 0 unspecified atom stereocenters. The number of anilines is 2. The number of thiazole rings is 1. The molecule has 0 radical (unpaired) electrons. The zero-order valence-corrected chi connectivity index (χ0v) is 20.9. The number of nitrogens with one attached hydrogen (secondary N) is 1. The third-order valence-electron chi connectivity index (χ3n) is 5.14. The number of aromatic nitrogens is 1. The van der Waals surface area contributed by atoms with E-state index in [1.807, 2.05) is 13.8 Å². The topological polar surface area (TPSA) is 88.5 Å². The summed E-state index contributed by atoms with van der Waals surface area (Å²) in [6, 6.07) is 9.22. The Hall–Kier alpha value is -2.36. The van der Waals surface area contributed by atoms with Gasteiger partial charge in [-0.1, -0.05) is 35.9 Å². The van der Waals surface area contributed by atoms with Gasteiger partial charge >= 0.3 is 4.87 Å².